The molecule has 5 nitrogen and oxygen atoms in total. The van der Waals surface area contributed by atoms with E-state index in [0.29, 0.717) is 20.9 Å². The van der Waals surface area contributed by atoms with Crippen LogP contribution < -0.4 is 10.1 Å². The molecule has 0 radical (unpaired) electrons. The molecule has 3 aromatic rings. The van der Waals surface area contributed by atoms with Crippen LogP contribution in [-0.4, -0.2) is 22.2 Å². The van der Waals surface area contributed by atoms with Gasteiger partial charge in [0.1, 0.15) is 10.8 Å². The first-order chi connectivity index (χ1) is 12.4. The number of anilines is 1. The van der Waals surface area contributed by atoms with Crippen molar-refractivity contribution >= 4 is 34.0 Å². The molecule has 3 rings (SSSR count). The van der Waals surface area contributed by atoms with E-state index in [1.807, 2.05) is 44.2 Å². The summed E-state index contributed by atoms with van der Waals surface area (Å²) >= 11 is 7.19. The van der Waals surface area contributed by atoms with E-state index in [1.165, 1.54) is 11.3 Å². The van der Waals surface area contributed by atoms with Gasteiger partial charge in [-0.2, -0.15) is 0 Å². The summed E-state index contributed by atoms with van der Waals surface area (Å²) in [4.78, 5) is 12.4. The van der Waals surface area contributed by atoms with Crippen molar-refractivity contribution in [3.05, 3.63) is 58.6 Å². The average molecular weight is 388 g/mol. The highest BCUT2D eigenvalue weighted by Gasteiger charge is 2.18. The zero-order valence-corrected chi connectivity index (χ0v) is 16.2. The zero-order valence-electron chi connectivity index (χ0n) is 14.6. The summed E-state index contributed by atoms with van der Waals surface area (Å²) in [6.07, 6.45) is -0.653. The summed E-state index contributed by atoms with van der Waals surface area (Å²) in [7, 11) is 0. The number of amides is 1. The molecule has 0 spiro atoms. The van der Waals surface area contributed by atoms with E-state index in [4.69, 9.17) is 16.3 Å². The second-order valence-corrected chi connectivity index (χ2v) is 7.35. The normalized spacial score (nSPS) is 11.8. The zero-order chi connectivity index (χ0) is 18.7. The van der Waals surface area contributed by atoms with E-state index in [0.717, 1.165) is 16.7 Å². The Bertz CT molecular complexity index is 925. The van der Waals surface area contributed by atoms with Crippen molar-refractivity contribution in [1.29, 1.82) is 0 Å². The number of carbonyl (C=O) groups is 1. The lowest BCUT2D eigenvalue weighted by Crippen LogP contribution is -2.30. The summed E-state index contributed by atoms with van der Waals surface area (Å²) in [6.45, 7) is 5.67. The van der Waals surface area contributed by atoms with Gasteiger partial charge in [0.15, 0.2) is 6.10 Å². The fourth-order valence-electron chi connectivity index (χ4n) is 2.37. The average Bonchev–Trinajstić information content (AvgIpc) is 3.06. The third kappa shape index (κ3) is 4.39. The molecule has 0 aliphatic carbocycles. The van der Waals surface area contributed by atoms with Crippen LogP contribution in [0.3, 0.4) is 0 Å². The minimum atomic E-state index is -0.653. The van der Waals surface area contributed by atoms with Crippen molar-refractivity contribution in [2.75, 3.05) is 5.32 Å². The molecular weight excluding hydrogens is 370 g/mol. The Morgan fingerprint density at radius 3 is 2.58 bits per heavy atom. The van der Waals surface area contributed by atoms with Crippen molar-refractivity contribution in [3.63, 3.8) is 0 Å². The highest BCUT2D eigenvalue weighted by Crippen LogP contribution is 2.27. The third-order valence-electron chi connectivity index (χ3n) is 3.75. The monoisotopic (exact) mass is 387 g/mol. The maximum Gasteiger partial charge on any atom is 0.266 e. The summed E-state index contributed by atoms with van der Waals surface area (Å²) in [6, 6.07) is 13.1. The van der Waals surface area contributed by atoms with Crippen LogP contribution in [0.1, 0.15) is 18.1 Å². The van der Waals surface area contributed by atoms with Crippen molar-refractivity contribution in [3.8, 4) is 16.3 Å². The summed E-state index contributed by atoms with van der Waals surface area (Å²) < 4.78 is 5.77. The number of rotatable bonds is 5. The molecule has 134 valence electrons. The van der Waals surface area contributed by atoms with E-state index in [2.05, 4.69) is 15.5 Å². The quantitative estimate of drug-likeness (QED) is 0.677. The van der Waals surface area contributed by atoms with Gasteiger partial charge in [0.25, 0.3) is 5.91 Å². The Labute approximate surface area is 161 Å². The van der Waals surface area contributed by atoms with Crippen molar-refractivity contribution < 1.29 is 9.53 Å². The second-order valence-electron chi connectivity index (χ2n) is 5.94. The highest BCUT2D eigenvalue weighted by atomic mass is 35.5. The molecule has 0 unspecified atom stereocenters. The molecule has 1 N–H and O–H groups in total. The van der Waals surface area contributed by atoms with E-state index in [9.17, 15) is 4.79 Å². The lowest BCUT2D eigenvalue weighted by molar-refractivity contribution is -0.122. The predicted octanol–water partition coefficient (Wildman–Crippen LogP) is 4.88. The minimum absolute atomic E-state index is 0.274. The summed E-state index contributed by atoms with van der Waals surface area (Å²) in [5.41, 5.74) is 3.04. The molecule has 0 aliphatic rings. The molecule has 0 bridgehead atoms. The van der Waals surface area contributed by atoms with Crippen LogP contribution in [0.15, 0.2) is 42.5 Å². The fraction of sp³-hybridized carbons (Fsp3) is 0.211. The first kappa shape index (κ1) is 18.4. The molecule has 7 heteroatoms. The maximum atomic E-state index is 12.4. The van der Waals surface area contributed by atoms with Gasteiger partial charge in [-0.3, -0.25) is 10.1 Å². The number of nitrogens with zero attached hydrogens (tertiary/aromatic N) is 2. The third-order valence-corrected chi connectivity index (χ3v) is 4.89. The Morgan fingerprint density at radius 2 is 1.88 bits per heavy atom. The molecule has 0 saturated carbocycles. The SMILES string of the molecule is Cc1ccc(O[C@H](C)C(=O)Nc2nnc(-c3ccc(Cl)cc3)s2)c(C)c1. The van der Waals surface area contributed by atoms with Gasteiger partial charge < -0.3 is 4.74 Å². The molecule has 2 aromatic carbocycles. The van der Waals surface area contributed by atoms with Gasteiger partial charge in [-0.25, -0.2) is 0 Å². The Hall–Kier alpha value is -2.44. The molecule has 0 saturated heterocycles. The Kier molecular flexibility index (Phi) is 5.54. The number of carbonyl (C=O) groups excluding carboxylic acids is 1. The van der Waals surface area contributed by atoms with Crippen LogP contribution >= 0.6 is 22.9 Å². The molecule has 1 atom stereocenters. The van der Waals surface area contributed by atoms with Crippen molar-refractivity contribution in [2.45, 2.75) is 26.9 Å². The Morgan fingerprint density at radius 1 is 1.15 bits per heavy atom. The molecule has 0 fully saturated rings. The van der Waals surface area contributed by atoms with Crippen LogP contribution in [0.4, 0.5) is 5.13 Å². The molecule has 1 amide bonds. The van der Waals surface area contributed by atoms with E-state index in [1.54, 1.807) is 19.1 Å². The maximum absolute atomic E-state index is 12.4. The predicted molar refractivity (Wildman–Crippen MR) is 105 cm³/mol. The van der Waals surface area contributed by atoms with Crippen LogP contribution in [-0.2, 0) is 4.79 Å². The number of aryl methyl sites for hydroxylation is 2. The molecule has 0 aliphatic heterocycles. The van der Waals surface area contributed by atoms with Gasteiger partial charge in [-0.1, -0.05) is 52.8 Å². The van der Waals surface area contributed by atoms with Crippen LogP contribution in [0.2, 0.25) is 5.02 Å². The first-order valence-electron chi connectivity index (χ1n) is 8.06. The molecule has 1 aromatic heterocycles. The topological polar surface area (TPSA) is 64.1 Å². The van der Waals surface area contributed by atoms with E-state index >= 15 is 0 Å². The summed E-state index contributed by atoms with van der Waals surface area (Å²) in [5, 5.41) is 12.7. The van der Waals surface area contributed by atoms with Crippen molar-refractivity contribution in [2.24, 2.45) is 0 Å². The molecule has 1 heterocycles. The molecule has 26 heavy (non-hydrogen) atoms. The largest absolute Gasteiger partial charge is 0.481 e. The number of benzene rings is 2. The number of hydrogen-bond donors (Lipinski definition) is 1. The highest BCUT2D eigenvalue weighted by molar-refractivity contribution is 7.18. The standard InChI is InChI=1S/C19H18ClN3O2S/c1-11-4-9-16(12(2)10-11)25-13(3)17(24)21-19-23-22-18(26-19)14-5-7-15(20)8-6-14/h4-10,13H,1-3H3,(H,21,23,24)/t13-/m1/s1. The van der Waals surface area contributed by atoms with Gasteiger partial charge in [0.05, 0.1) is 0 Å². The lowest BCUT2D eigenvalue weighted by atomic mass is 10.1. The van der Waals surface area contributed by atoms with Gasteiger partial charge in [-0.15, -0.1) is 10.2 Å². The number of halogens is 1. The number of nitrogens with one attached hydrogen (secondary N) is 1. The minimum Gasteiger partial charge on any atom is -0.481 e. The van der Waals surface area contributed by atoms with E-state index in [-0.39, 0.29) is 5.91 Å². The van der Waals surface area contributed by atoms with Gasteiger partial charge in [0.2, 0.25) is 5.13 Å². The first-order valence-corrected chi connectivity index (χ1v) is 9.26. The van der Waals surface area contributed by atoms with Gasteiger partial charge in [-0.05, 0) is 44.5 Å². The van der Waals surface area contributed by atoms with Crippen LogP contribution in [0, 0.1) is 13.8 Å². The number of hydrogen-bond acceptors (Lipinski definition) is 5. The van der Waals surface area contributed by atoms with Crippen LogP contribution in [0.25, 0.3) is 10.6 Å². The van der Waals surface area contributed by atoms with Crippen LogP contribution in [0.5, 0.6) is 5.75 Å². The van der Waals surface area contributed by atoms with Gasteiger partial charge in [0, 0.05) is 10.6 Å². The van der Waals surface area contributed by atoms with Crippen molar-refractivity contribution in [1.82, 2.24) is 10.2 Å². The van der Waals surface area contributed by atoms with Gasteiger partial charge >= 0.3 is 0 Å². The second kappa shape index (κ2) is 7.85. The smallest absolute Gasteiger partial charge is 0.266 e. The number of aromatic nitrogens is 2. The summed E-state index contributed by atoms with van der Waals surface area (Å²) in [5.74, 6) is 0.418. The lowest BCUT2D eigenvalue weighted by Gasteiger charge is -2.15. The fourth-order valence-corrected chi connectivity index (χ4v) is 3.24. The number of ether oxygens (including phenoxy) is 1. The Balaban J connectivity index is 1.65. The van der Waals surface area contributed by atoms with E-state index < -0.39 is 6.10 Å². The molecular formula is C19H18ClN3O2S.